The number of allylic oxidation sites excluding steroid dienone is 6. The molecule has 1 unspecified atom stereocenters. The van der Waals surface area contributed by atoms with E-state index in [1.807, 2.05) is 0 Å². The van der Waals surface area contributed by atoms with Crippen molar-refractivity contribution in [2.45, 2.75) is 65.7 Å². The van der Waals surface area contributed by atoms with Crippen LogP contribution in [0.1, 0.15) is 81.0 Å². The molecule has 0 heterocycles. The van der Waals surface area contributed by atoms with Crippen LogP contribution in [-0.2, 0) is 0 Å². The van der Waals surface area contributed by atoms with E-state index < -0.39 is 0 Å². The maximum atomic E-state index is 6.34. The summed E-state index contributed by atoms with van der Waals surface area (Å²) in [5.41, 5.74) is 16.5. The summed E-state index contributed by atoms with van der Waals surface area (Å²) in [4.78, 5) is 4.30. The summed E-state index contributed by atoms with van der Waals surface area (Å²) in [6.45, 7) is 12.9. The zero-order valence-electron chi connectivity index (χ0n) is 19.3. The molecule has 0 amide bonds. The lowest BCUT2D eigenvalue weighted by molar-refractivity contribution is 0.733. The molecule has 0 spiro atoms. The molecule has 3 heteroatoms. The van der Waals surface area contributed by atoms with E-state index in [1.54, 1.807) is 13.2 Å². The summed E-state index contributed by atoms with van der Waals surface area (Å²) in [7, 11) is 1.75. The summed E-state index contributed by atoms with van der Waals surface area (Å²) >= 11 is 0. The summed E-state index contributed by atoms with van der Waals surface area (Å²) in [6.07, 6.45) is 14.9. The Kier molecular flexibility index (Phi) is 7.02. The number of aliphatic imine (C=N–C) groups is 1. The van der Waals surface area contributed by atoms with E-state index in [0.29, 0.717) is 11.8 Å². The van der Waals surface area contributed by atoms with Gasteiger partial charge in [-0.25, -0.2) is 0 Å². The summed E-state index contributed by atoms with van der Waals surface area (Å²) in [6, 6.07) is 2.31. The van der Waals surface area contributed by atoms with Gasteiger partial charge in [-0.15, -0.1) is 0 Å². The Bertz CT molecular complexity index is 939. The van der Waals surface area contributed by atoms with Gasteiger partial charge < -0.3 is 11.1 Å². The molecule has 160 valence electrons. The van der Waals surface area contributed by atoms with E-state index in [4.69, 9.17) is 5.73 Å². The number of rotatable bonds is 8. The predicted molar refractivity (Wildman–Crippen MR) is 132 cm³/mol. The summed E-state index contributed by atoms with van der Waals surface area (Å²) < 4.78 is 0. The molecule has 0 aliphatic heterocycles. The van der Waals surface area contributed by atoms with Gasteiger partial charge >= 0.3 is 0 Å². The number of anilines is 1. The van der Waals surface area contributed by atoms with Crippen LogP contribution in [0.2, 0.25) is 0 Å². The fourth-order valence-corrected chi connectivity index (χ4v) is 4.38. The van der Waals surface area contributed by atoms with Crippen molar-refractivity contribution in [2.24, 2.45) is 16.6 Å². The van der Waals surface area contributed by atoms with E-state index in [2.05, 4.69) is 68.9 Å². The highest BCUT2D eigenvalue weighted by atomic mass is 14.9. The molecule has 1 saturated carbocycles. The molecule has 30 heavy (non-hydrogen) atoms. The van der Waals surface area contributed by atoms with Crippen LogP contribution in [0.5, 0.6) is 0 Å². The van der Waals surface area contributed by atoms with Crippen LogP contribution in [0.15, 0.2) is 53.2 Å². The molecule has 2 aliphatic carbocycles. The third kappa shape index (κ3) is 4.45. The Morgan fingerprint density at radius 2 is 2.07 bits per heavy atom. The van der Waals surface area contributed by atoms with Crippen LogP contribution in [0.3, 0.4) is 0 Å². The molecule has 0 saturated heterocycles. The fraction of sp³-hybridized carbons (Fsp3) is 0.444. The lowest BCUT2D eigenvalue weighted by Gasteiger charge is -2.25. The van der Waals surface area contributed by atoms with Crippen molar-refractivity contribution in [3.8, 4) is 0 Å². The average Bonchev–Trinajstić information content (AvgIpc) is 3.59. The maximum Gasteiger partial charge on any atom is 0.127 e. The predicted octanol–water partition coefficient (Wildman–Crippen LogP) is 6.86. The van der Waals surface area contributed by atoms with E-state index in [0.717, 1.165) is 42.0 Å². The Balaban J connectivity index is 2.27. The maximum absolute atomic E-state index is 6.34. The zero-order chi connectivity index (χ0) is 21.8. The van der Waals surface area contributed by atoms with Crippen LogP contribution < -0.4 is 11.1 Å². The van der Waals surface area contributed by atoms with Crippen molar-refractivity contribution in [2.75, 3.05) is 12.4 Å². The second-order valence-corrected chi connectivity index (χ2v) is 8.61. The van der Waals surface area contributed by atoms with Gasteiger partial charge in [-0.1, -0.05) is 57.2 Å². The third-order valence-electron chi connectivity index (χ3n) is 6.50. The quantitative estimate of drug-likeness (QED) is 0.368. The van der Waals surface area contributed by atoms with Crippen molar-refractivity contribution < 1.29 is 0 Å². The Labute approximate surface area is 182 Å². The highest BCUT2D eigenvalue weighted by Gasteiger charge is 2.27. The molecule has 3 N–H and O–H groups in total. The first-order valence-corrected chi connectivity index (χ1v) is 11.3. The topological polar surface area (TPSA) is 50.4 Å². The first kappa shape index (κ1) is 22.1. The van der Waals surface area contributed by atoms with Gasteiger partial charge in [0.05, 0.1) is 5.69 Å². The Morgan fingerprint density at radius 3 is 2.63 bits per heavy atom. The van der Waals surface area contributed by atoms with Gasteiger partial charge in [-0.05, 0) is 84.9 Å². The number of aryl methyl sites for hydroxylation is 1. The van der Waals surface area contributed by atoms with E-state index in [-0.39, 0.29) is 0 Å². The van der Waals surface area contributed by atoms with Gasteiger partial charge in [0.25, 0.3) is 0 Å². The minimum absolute atomic E-state index is 0.381. The standard InChI is InChI=1S/C27H37N3/c1-7-17(4)24-23(14-18(5)25(27(28)29-6)26(24)30-9-3)21-11-10-19(8-2)15-22(16-21)20-12-13-20/h9,11,14-17,20,30H,3,7-8,10,12-13H2,1-2,4-6H3,(H2,28,29). The van der Waals surface area contributed by atoms with Crippen LogP contribution in [0.25, 0.3) is 5.57 Å². The minimum Gasteiger partial charge on any atom is -0.383 e. The number of nitrogens with one attached hydrogen (secondary N) is 1. The number of nitrogens with zero attached hydrogens (tertiary/aromatic N) is 1. The number of hydrogen-bond acceptors (Lipinski definition) is 2. The monoisotopic (exact) mass is 403 g/mol. The molecule has 1 aromatic rings. The van der Waals surface area contributed by atoms with E-state index >= 15 is 0 Å². The van der Waals surface area contributed by atoms with Crippen LogP contribution in [-0.4, -0.2) is 12.9 Å². The molecule has 0 bridgehead atoms. The number of hydrogen-bond donors (Lipinski definition) is 2. The van der Waals surface area contributed by atoms with Crippen molar-refractivity contribution >= 4 is 17.1 Å². The second kappa shape index (κ2) is 9.51. The Hall–Kier alpha value is -2.55. The first-order chi connectivity index (χ1) is 14.4. The number of amidine groups is 1. The van der Waals surface area contributed by atoms with Crippen molar-refractivity contribution in [3.05, 3.63) is 70.5 Å². The lowest BCUT2D eigenvalue weighted by Crippen LogP contribution is -2.19. The second-order valence-electron chi connectivity index (χ2n) is 8.61. The van der Waals surface area contributed by atoms with Crippen molar-refractivity contribution in [3.63, 3.8) is 0 Å². The average molecular weight is 404 g/mol. The molecular formula is C27H37N3. The van der Waals surface area contributed by atoms with Crippen LogP contribution in [0.4, 0.5) is 5.69 Å². The van der Waals surface area contributed by atoms with Gasteiger partial charge in [0.1, 0.15) is 5.84 Å². The molecule has 1 atom stereocenters. The van der Waals surface area contributed by atoms with Crippen molar-refractivity contribution in [1.82, 2.24) is 0 Å². The minimum atomic E-state index is 0.381. The summed E-state index contributed by atoms with van der Waals surface area (Å²) in [5.74, 6) is 1.67. The van der Waals surface area contributed by atoms with Gasteiger partial charge in [-0.3, -0.25) is 4.99 Å². The SMILES string of the molecule is C=CNc1c(C(N)=NC)c(C)cc(C2=CCC(CC)=CC(C3CC3)=C2)c1C(C)CC. The zero-order valence-corrected chi connectivity index (χ0v) is 19.3. The molecule has 0 radical (unpaired) electrons. The van der Waals surface area contributed by atoms with Gasteiger partial charge in [0.2, 0.25) is 0 Å². The molecule has 1 aromatic carbocycles. The molecule has 2 aliphatic rings. The lowest BCUT2D eigenvalue weighted by atomic mass is 9.83. The van der Waals surface area contributed by atoms with Crippen molar-refractivity contribution in [1.29, 1.82) is 0 Å². The van der Waals surface area contributed by atoms with Gasteiger partial charge in [-0.2, -0.15) is 0 Å². The fourth-order valence-electron chi connectivity index (χ4n) is 4.38. The number of nitrogens with two attached hydrogens (primary N) is 1. The van der Waals surface area contributed by atoms with E-state index in [1.165, 1.54) is 40.7 Å². The molecule has 0 aromatic heterocycles. The smallest absolute Gasteiger partial charge is 0.127 e. The van der Waals surface area contributed by atoms with E-state index in [9.17, 15) is 0 Å². The molecular weight excluding hydrogens is 366 g/mol. The third-order valence-corrected chi connectivity index (χ3v) is 6.50. The van der Waals surface area contributed by atoms with Crippen LogP contribution in [0, 0.1) is 12.8 Å². The van der Waals surface area contributed by atoms with Gasteiger partial charge in [0, 0.05) is 12.6 Å². The normalized spacial score (nSPS) is 18.2. The van der Waals surface area contributed by atoms with Gasteiger partial charge in [0.15, 0.2) is 0 Å². The first-order valence-electron chi connectivity index (χ1n) is 11.3. The summed E-state index contributed by atoms with van der Waals surface area (Å²) in [5, 5.41) is 3.42. The Morgan fingerprint density at radius 1 is 1.33 bits per heavy atom. The largest absolute Gasteiger partial charge is 0.383 e. The molecule has 3 rings (SSSR count). The van der Waals surface area contributed by atoms with Crippen LogP contribution >= 0.6 is 0 Å². The highest BCUT2D eigenvalue weighted by molar-refractivity contribution is 6.05. The highest BCUT2D eigenvalue weighted by Crippen LogP contribution is 2.43. The molecule has 1 fully saturated rings. The number of benzene rings is 1. The molecule has 3 nitrogen and oxygen atoms in total.